The van der Waals surface area contributed by atoms with Gasteiger partial charge in [-0.15, -0.1) is 0 Å². The van der Waals surface area contributed by atoms with Crippen molar-refractivity contribution < 1.29 is 25.2 Å². The van der Waals surface area contributed by atoms with Crippen molar-refractivity contribution in [1.29, 1.82) is 0 Å². The Morgan fingerprint density at radius 2 is 1.66 bits per heavy atom. The van der Waals surface area contributed by atoms with E-state index in [2.05, 4.69) is 46.8 Å². The average molecular weight is 487 g/mol. The van der Waals surface area contributed by atoms with Crippen molar-refractivity contribution in [2.75, 3.05) is 0 Å². The van der Waals surface area contributed by atoms with Crippen molar-refractivity contribution in [2.45, 2.75) is 111 Å². The summed E-state index contributed by atoms with van der Waals surface area (Å²) in [5.74, 6) is -0.319. The lowest BCUT2D eigenvalue weighted by Crippen LogP contribution is -2.67. The predicted octanol–water partition coefficient (Wildman–Crippen LogP) is 4.79. The molecule has 0 saturated heterocycles. The SMILES string of the molecule is C[C@@H]1CC[C@]2(C(=O)O)CC[C@]34C[C@]3(C=C[C@@H]3[C@@]5(C)C[C@@H](O)[C@@H](O)C(C)(C)[C@@H]5CC[C@]34C)[C@@H]2[C@]1(C)O. The maximum atomic E-state index is 12.9. The molecule has 0 aromatic carbocycles. The number of allylic oxidation sites excluding steroid dienone is 2. The van der Waals surface area contributed by atoms with Gasteiger partial charge in [0.05, 0.1) is 23.2 Å². The van der Waals surface area contributed by atoms with E-state index in [1.165, 1.54) is 0 Å². The monoisotopic (exact) mass is 486 g/mol. The van der Waals surface area contributed by atoms with Crippen LogP contribution in [0.3, 0.4) is 0 Å². The van der Waals surface area contributed by atoms with E-state index in [4.69, 9.17) is 0 Å². The highest BCUT2D eigenvalue weighted by Gasteiger charge is 2.86. The molecule has 5 nitrogen and oxygen atoms in total. The van der Waals surface area contributed by atoms with Crippen LogP contribution in [0.5, 0.6) is 0 Å². The van der Waals surface area contributed by atoms with Crippen LogP contribution >= 0.6 is 0 Å². The predicted molar refractivity (Wildman–Crippen MR) is 133 cm³/mol. The molecular formula is C30H46O5. The number of carbonyl (C=O) groups is 1. The van der Waals surface area contributed by atoms with Gasteiger partial charge in [-0.05, 0) is 97.7 Å². The highest BCUT2D eigenvalue weighted by atomic mass is 16.4. The number of aliphatic hydroxyl groups is 3. The molecule has 0 unspecified atom stereocenters. The van der Waals surface area contributed by atoms with E-state index >= 15 is 0 Å². The zero-order valence-corrected chi connectivity index (χ0v) is 22.5. The van der Waals surface area contributed by atoms with Gasteiger partial charge in [0.2, 0.25) is 0 Å². The minimum Gasteiger partial charge on any atom is -0.481 e. The Kier molecular flexibility index (Phi) is 4.58. The first-order valence-corrected chi connectivity index (χ1v) is 14.1. The fourth-order valence-electron chi connectivity index (χ4n) is 12.2. The van der Waals surface area contributed by atoms with Crippen molar-refractivity contribution in [1.82, 2.24) is 0 Å². The summed E-state index contributed by atoms with van der Waals surface area (Å²) in [5, 5.41) is 44.4. The molecule has 0 aromatic rings. The van der Waals surface area contributed by atoms with Crippen LogP contribution < -0.4 is 0 Å². The summed E-state index contributed by atoms with van der Waals surface area (Å²) in [5.41, 5.74) is -2.61. The molecule has 0 spiro atoms. The number of rotatable bonds is 1. The first kappa shape index (κ1) is 24.4. The standard InChI is InChI=1S/C30H46O5/c1-17-7-11-28(23(33)34)13-14-30-16-29(30,22(28)27(17,6)35)12-9-20-25(4)15-18(31)21(32)24(2,3)19(25)8-10-26(20,30)5/h9,12,17-22,31-32,35H,7-8,10-11,13-16H2,1-6H3,(H,33,34)/t17-,18-,19+,20-,21-,22-,25+,26-,27-,28+,29-,30-/m1/s1. The molecule has 5 heteroatoms. The molecule has 35 heavy (non-hydrogen) atoms. The van der Waals surface area contributed by atoms with Crippen LogP contribution in [0, 0.1) is 56.2 Å². The summed E-state index contributed by atoms with van der Waals surface area (Å²) in [4.78, 5) is 12.9. The topological polar surface area (TPSA) is 98.0 Å². The largest absolute Gasteiger partial charge is 0.481 e. The van der Waals surface area contributed by atoms with E-state index in [1.54, 1.807) is 0 Å². The summed E-state index contributed by atoms with van der Waals surface area (Å²) in [7, 11) is 0. The van der Waals surface area contributed by atoms with Crippen LogP contribution in [-0.2, 0) is 4.79 Å². The molecule has 0 aromatic heterocycles. The van der Waals surface area contributed by atoms with Gasteiger partial charge in [-0.3, -0.25) is 4.79 Å². The third kappa shape index (κ3) is 2.41. The number of hydrogen-bond acceptors (Lipinski definition) is 4. The first-order chi connectivity index (χ1) is 16.1. The molecule has 0 heterocycles. The molecule has 6 aliphatic carbocycles. The van der Waals surface area contributed by atoms with E-state index in [9.17, 15) is 25.2 Å². The number of carboxylic acid groups (broad SMARTS) is 1. The number of fused-ring (bicyclic) bond motifs is 4. The van der Waals surface area contributed by atoms with Gasteiger partial charge in [0, 0.05) is 11.3 Å². The maximum Gasteiger partial charge on any atom is 0.310 e. The Balaban J connectivity index is 1.50. The molecule has 4 N–H and O–H groups in total. The lowest BCUT2D eigenvalue weighted by molar-refractivity contribution is -0.235. The van der Waals surface area contributed by atoms with E-state index in [0.717, 1.165) is 32.1 Å². The molecule has 12 atom stereocenters. The summed E-state index contributed by atoms with van der Waals surface area (Å²) >= 11 is 0. The van der Waals surface area contributed by atoms with Gasteiger partial charge in [0.1, 0.15) is 0 Å². The minimum absolute atomic E-state index is 0.00320. The van der Waals surface area contributed by atoms with E-state index < -0.39 is 29.2 Å². The van der Waals surface area contributed by atoms with Gasteiger partial charge >= 0.3 is 5.97 Å². The second-order valence-corrected chi connectivity index (χ2v) is 15.2. The minimum atomic E-state index is -1.01. The van der Waals surface area contributed by atoms with E-state index in [1.807, 2.05) is 6.92 Å². The molecule has 6 aliphatic rings. The zero-order valence-electron chi connectivity index (χ0n) is 22.5. The first-order valence-electron chi connectivity index (χ1n) is 14.1. The molecule has 0 radical (unpaired) electrons. The van der Waals surface area contributed by atoms with Gasteiger partial charge in [-0.25, -0.2) is 0 Å². The Morgan fingerprint density at radius 3 is 2.31 bits per heavy atom. The van der Waals surface area contributed by atoms with Crippen LogP contribution in [0.25, 0.3) is 0 Å². The van der Waals surface area contributed by atoms with E-state index in [0.29, 0.717) is 25.2 Å². The van der Waals surface area contributed by atoms with Gasteiger partial charge in [0.25, 0.3) is 0 Å². The highest BCUT2D eigenvalue weighted by molar-refractivity contribution is 5.77. The molecule has 196 valence electrons. The molecule has 5 fully saturated rings. The van der Waals surface area contributed by atoms with Crippen LogP contribution in [0.2, 0.25) is 0 Å². The summed E-state index contributed by atoms with van der Waals surface area (Å²) in [6, 6.07) is 0. The fourth-order valence-corrected chi connectivity index (χ4v) is 12.2. The third-order valence-electron chi connectivity index (χ3n) is 14.0. The fraction of sp³-hybridized carbons (Fsp3) is 0.900. The van der Waals surface area contributed by atoms with Crippen molar-refractivity contribution in [3.8, 4) is 0 Å². The smallest absolute Gasteiger partial charge is 0.310 e. The second-order valence-electron chi connectivity index (χ2n) is 15.2. The van der Waals surface area contributed by atoms with Crippen LogP contribution in [0.4, 0.5) is 0 Å². The second kappa shape index (κ2) is 6.56. The van der Waals surface area contributed by atoms with Crippen LogP contribution in [-0.4, -0.2) is 44.2 Å². The number of aliphatic carboxylic acids is 1. The molecule has 5 saturated carbocycles. The normalized spacial score (nSPS) is 62.0. The number of aliphatic hydroxyl groups excluding tert-OH is 2. The summed E-state index contributed by atoms with van der Waals surface area (Å²) < 4.78 is 0. The number of carboxylic acids is 1. The average Bonchev–Trinajstić information content (AvgIpc) is 3.45. The Morgan fingerprint density at radius 1 is 0.971 bits per heavy atom. The Bertz CT molecular complexity index is 1000. The van der Waals surface area contributed by atoms with Crippen molar-refractivity contribution in [3.05, 3.63) is 12.2 Å². The quantitative estimate of drug-likeness (QED) is 0.400. The van der Waals surface area contributed by atoms with Gasteiger partial charge in [0.15, 0.2) is 0 Å². The number of hydrogen-bond donors (Lipinski definition) is 4. The zero-order chi connectivity index (χ0) is 25.6. The lowest BCUT2D eigenvalue weighted by atomic mass is 9.36. The Labute approximate surface area is 210 Å². The van der Waals surface area contributed by atoms with Crippen molar-refractivity contribution in [2.24, 2.45) is 56.2 Å². The third-order valence-corrected chi connectivity index (χ3v) is 14.0. The highest BCUT2D eigenvalue weighted by Crippen LogP contribution is 2.90. The maximum absolute atomic E-state index is 12.9. The van der Waals surface area contributed by atoms with E-state index in [-0.39, 0.29) is 44.8 Å². The summed E-state index contributed by atoms with van der Waals surface area (Å²) in [6.07, 6.45) is 9.97. The van der Waals surface area contributed by atoms with Crippen molar-refractivity contribution in [3.63, 3.8) is 0 Å². The molecule has 0 bridgehead atoms. The molecule has 0 aliphatic heterocycles. The van der Waals surface area contributed by atoms with Gasteiger partial charge < -0.3 is 20.4 Å². The molecular weight excluding hydrogens is 440 g/mol. The van der Waals surface area contributed by atoms with Crippen molar-refractivity contribution >= 4 is 5.97 Å². The van der Waals surface area contributed by atoms with Crippen LogP contribution in [0.1, 0.15) is 92.9 Å². The van der Waals surface area contributed by atoms with Gasteiger partial charge in [-0.2, -0.15) is 0 Å². The molecule has 0 amide bonds. The Hall–Kier alpha value is -0.910. The van der Waals surface area contributed by atoms with Gasteiger partial charge in [-0.1, -0.05) is 46.8 Å². The lowest BCUT2D eigenvalue weighted by Gasteiger charge is -2.69. The molecule has 6 rings (SSSR count). The van der Waals surface area contributed by atoms with Crippen LogP contribution in [0.15, 0.2) is 12.2 Å². The summed E-state index contributed by atoms with van der Waals surface area (Å²) in [6.45, 7) is 13.1.